The molecule has 5 nitrogen and oxygen atoms in total. The predicted octanol–water partition coefficient (Wildman–Crippen LogP) is 0.0414. The first-order valence-corrected chi connectivity index (χ1v) is 4.76. The SMILES string of the molecule is CC(O)CCCN1C(=O)CN(C)C1=O. The monoisotopic (exact) mass is 200 g/mol. The van der Waals surface area contributed by atoms with Crippen molar-refractivity contribution in [3.05, 3.63) is 0 Å². The number of carbonyl (C=O) groups excluding carboxylic acids is 2. The third-order valence-corrected chi connectivity index (χ3v) is 2.23. The number of nitrogens with zero attached hydrogens (tertiary/aromatic N) is 2. The molecular formula is C9H16N2O3. The smallest absolute Gasteiger partial charge is 0.326 e. The van der Waals surface area contributed by atoms with Gasteiger partial charge in [-0.3, -0.25) is 9.69 Å². The minimum atomic E-state index is -0.375. The zero-order valence-corrected chi connectivity index (χ0v) is 8.56. The van der Waals surface area contributed by atoms with Gasteiger partial charge < -0.3 is 10.0 Å². The molecule has 3 amide bonds. The molecule has 0 saturated carbocycles. The summed E-state index contributed by atoms with van der Waals surface area (Å²) in [5.41, 5.74) is 0. The number of hydrogen-bond acceptors (Lipinski definition) is 3. The van der Waals surface area contributed by atoms with Gasteiger partial charge >= 0.3 is 6.03 Å². The summed E-state index contributed by atoms with van der Waals surface area (Å²) in [5, 5.41) is 9.01. The van der Waals surface area contributed by atoms with E-state index in [-0.39, 0.29) is 24.6 Å². The second-order valence-electron chi connectivity index (χ2n) is 3.68. The molecule has 0 aromatic carbocycles. The second-order valence-corrected chi connectivity index (χ2v) is 3.68. The van der Waals surface area contributed by atoms with Crippen LogP contribution in [0.4, 0.5) is 4.79 Å². The van der Waals surface area contributed by atoms with Gasteiger partial charge in [0.25, 0.3) is 0 Å². The number of aliphatic hydroxyl groups is 1. The van der Waals surface area contributed by atoms with Crippen LogP contribution in [0.5, 0.6) is 0 Å². The molecule has 14 heavy (non-hydrogen) atoms. The van der Waals surface area contributed by atoms with E-state index in [9.17, 15) is 9.59 Å². The summed E-state index contributed by atoms with van der Waals surface area (Å²) in [6.07, 6.45) is 0.893. The van der Waals surface area contributed by atoms with Crippen LogP contribution in [0.1, 0.15) is 19.8 Å². The maximum atomic E-state index is 11.4. The summed E-state index contributed by atoms with van der Waals surface area (Å²) in [6, 6.07) is -0.236. The van der Waals surface area contributed by atoms with Crippen molar-refractivity contribution in [3.63, 3.8) is 0 Å². The van der Waals surface area contributed by atoms with E-state index in [2.05, 4.69) is 0 Å². The van der Waals surface area contributed by atoms with Crippen LogP contribution in [0.15, 0.2) is 0 Å². The number of rotatable bonds is 4. The van der Waals surface area contributed by atoms with E-state index < -0.39 is 0 Å². The van der Waals surface area contributed by atoms with E-state index in [1.807, 2.05) is 0 Å². The van der Waals surface area contributed by atoms with E-state index in [4.69, 9.17) is 5.11 Å². The number of imide groups is 1. The van der Waals surface area contributed by atoms with Gasteiger partial charge in [-0.1, -0.05) is 0 Å². The Labute approximate surface area is 83.3 Å². The molecule has 5 heteroatoms. The van der Waals surface area contributed by atoms with Gasteiger partial charge in [0, 0.05) is 13.6 Å². The van der Waals surface area contributed by atoms with Crippen molar-refractivity contribution in [2.24, 2.45) is 0 Å². The number of carbonyl (C=O) groups is 2. The van der Waals surface area contributed by atoms with E-state index in [1.54, 1.807) is 14.0 Å². The number of urea groups is 1. The third-order valence-electron chi connectivity index (χ3n) is 2.23. The molecule has 1 heterocycles. The fourth-order valence-corrected chi connectivity index (χ4v) is 1.43. The maximum absolute atomic E-state index is 11.4. The maximum Gasteiger partial charge on any atom is 0.326 e. The van der Waals surface area contributed by atoms with E-state index in [1.165, 1.54) is 9.80 Å². The predicted molar refractivity (Wildman–Crippen MR) is 50.7 cm³/mol. The van der Waals surface area contributed by atoms with Crippen molar-refractivity contribution < 1.29 is 14.7 Å². The highest BCUT2D eigenvalue weighted by atomic mass is 16.3. The van der Waals surface area contributed by atoms with Crippen molar-refractivity contribution >= 4 is 11.9 Å². The van der Waals surface area contributed by atoms with Crippen LogP contribution in [0, 0.1) is 0 Å². The van der Waals surface area contributed by atoms with Crippen LogP contribution in [0.25, 0.3) is 0 Å². The summed E-state index contributed by atoms with van der Waals surface area (Å²) in [6.45, 7) is 2.28. The van der Waals surface area contributed by atoms with Crippen molar-refractivity contribution in [1.29, 1.82) is 0 Å². The van der Waals surface area contributed by atoms with Crippen LogP contribution in [0.3, 0.4) is 0 Å². The van der Waals surface area contributed by atoms with Gasteiger partial charge in [-0.15, -0.1) is 0 Å². The molecule has 1 N–H and O–H groups in total. The van der Waals surface area contributed by atoms with Gasteiger partial charge in [0.2, 0.25) is 5.91 Å². The third kappa shape index (κ3) is 2.45. The Bertz CT molecular complexity index is 240. The van der Waals surface area contributed by atoms with Gasteiger partial charge in [-0.25, -0.2) is 4.79 Å². The Balaban J connectivity index is 2.37. The summed E-state index contributed by atoms with van der Waals surface area (Å²) in [4.78, 5) is 25.3. The Morgan fingerprint density at radius 3 is 2.57 bits per heavy atom. The zero-order valence-electron chi connectivity index (χ0n) is 8.56. The van der Waals surface area contributed by atoms with Crippen molar-refractivity contribution in [2.45, 2.75) is 25.9 Å². The van der Waals surface area contributed by atoms with Gasteiger partial charge in [-0.2, -0.15) is 0 Å². The first-order chi connectivity index (χ1) is 6.52. The minimum absolute atomic E-state index is 0.150. The average Bonchev–Trinajstić information content (AvgIpc) is 2.31. The normalized spacial score (nSPS) is 19.4. The van der Waals surface area contributed by atoms with Crippen molar-refractivity contribution in [1.82, 2.24) is 9.80 Å². The first kappa shape index (κ1) is 11.0. The van der Waals surface area contributed by atoms with Crippen molar-refractivity contribution in [3.8, 4) is 0 Å². The molecule has 1 aliphatic rings. The van der Waals surface area contributed by atoms with Crippen LogP contribution < -0.4 is 0 Å². The van der Waals surface area contributed by atoms with Gasteiger partial charge in [0.1, 0.15) is 6.54 Å². The number of likely N-dealkylation sites (N-methyl/N-ethyl adjacent to an activating group) is 1. The highest BCUT2D eigenvalue weighted by Gasteiger charge is 2.32. The lowest BCUT2D eigenvalue weighted by molar-refractivity contribution is -0.125. The number of hydrogen-bond donors (Lipinski definition) is 1. The Morgan fingerprint density at radius 2 is 2.14 bits per heavy atom. The molecule has 0 aliphatic carbocycles. The van der Waals surface area contributed by atoms with Crippen LogP contribution in [-0.4, -0.2) is 53.1 Å². The lowest BCUT2D eigenvalue weighted by atomic mass is 10.2. The minimum Gasteiger partial charge on any atom is -0.393 e. The first-order valence-electron chi connectivity index (χ1n) is 4.76. The Kier molecular flexibility index (Phi) is 3.46. The van der Waals surface area contributed by atoms with Crippen LogP contribution >= 0.6 is 0 Å². The fraction of sp³-hybridized carbons (Fsp3) is 0.778. The molecule has 0 spiro atoms. The molecule has 1 aliphatic heterocycles. The summed E-state index contributed by atoms with van der Waals surface area (Å²) in [5.74, 6) is -0.150. The van der Waals surface area contributed by atoms with Gasteiger partial charge in [0.05, 0.1) is 6.10 Å². The molecule has 0 aromatic heterocycles. The zero-order chi connectivity index (χ0) is 10.7. The fourth-order valence-electron chi connectivity index (χ4n) is 1.43. The van der Waals surface area contributed by atoms with Crippen LogP contribution in [0.2, 0.25) is 0 Å². The largest absolute Gasteiger partial charge is 0.393 e. The lowest BCUT2D eigenvalue weighted by Crippen LogP contribution is -2.32. The van der Waals surface area contributed by atoms with E-state index in [0.29, 0.717) is 19.4 Å². The number of aliphatic hydroxyl groups excluding tert-OH is 1. The molecule has 0 radical (unpaired) electrons. The molecule has 1 fully saturated rings. The molecule has 1 rings (SSSR count). The highest BCUT2D eigenvalue weighted by Crippen LogP contribution is 2.09. The van der Waals surface area contributed by atoms with E-state index >= 15 is 0 Å². The molecule has 1 unspecified atom stereocenters. The number of amides is 3. The lowest BCUT2D eigenvalue weighted by Gasteiger charge is -2.14. The molecule has 1 atom stereocenters. The van der Waals surface area contributed by atoms with Crippen molar-refractivity contribution in [2.75, 3.05) is 20.1 Å². The summed E-state index contributed by atoms with van der Waals surface area (Å²) in [7, 11) is 1.61. The molecule has 80 valence electrons. The average molecular weight is 200 g/mol. The molecule has 1 saturated heterocycles. The molecule has 0 bridgehead atoms. The van der Waals surface area contributed by atoms with Gasteiger partial charge in [-0.05, 0) is 19.8 Å². The standard InChI is InChI=1S/C9H16N2O3/c1-7(12)4-3-5-11-8(13)6-10(2)9(11)14/h7,12H,3-6H2,1-2H3. The van der Waals surface area contributed by atoms with Crippen LogP contribution in [-0.2, 0) is 4.79 Å². The highest BCUT2D eigenvalue weighted by molar-refractivity contribution is 6.01. The van der Waals surface area contributed by atoms with E-state index in [0.717, 1.165) is 0 Å². The Hall–Kier alpha value is -1.10. The molecule has 0 aromatic rings. The molecular weight excluding hydrogens is 184 g/mol. The topological polar surface area (TPSA) is 60.9 Å². The second kappa shape index (κ2) is 4.41. The summed E-state index contributed by atoms with van der Waals surface area (Å²) >= 11 is 0. The summed E-state index contributed by atoms with van der Waals surface area (Å²) < 4.78 is 0. The quantitative estimate of drug-likeness (QED) is 0.652. The van der Waals surface area contributed by atoms with Gasteiger partial charge in [0.15, 0.2) is 0 Å². The Morgan fingerprint density at radius 1 is 1.50 bits per heavy atom.